The molecule has 0 radical (unpaired) electrons. The Balaban J connectivity index is 1.52. The molecule has 3 fully saturated rings. The first-order valence-corrected chi connectivity index (χ1v) is 13.3. The van der Waals surface area contributed by atoms with Gasteiger partial charge in [0, 0.05) is 0 Å². The second-order valence-electron chi connectivity index (χ2n) is 12.4. The van der Waals surface area contributed by atoms with Crippen LogP contribution in [0.4, 0.5) is 0 Å². The largest absolute Gasteiger partial charge is 0.393 e. The lowest BCUT2D eigenvalue weighted by atomic mass is 9.47. The Bertz CT molecular complexity index is 674. The summed E-state index contributed by atoms with van der Waals surface area (Å²) in [5.41, 5.74) is 2.51. The van der Waals surface area contributed by atoms with E-state index in [1.54, 1.807) is 5.57 Å². The Morgan fingerprint density at radius 3 is 2.50 bits per heavy atom. The summed E-state index contributed by atoms with van der Waals surface area (Å²) in [6.07, 6.45) is 19.1. The maximum atomic E-state index is 10.2. The number of allylic oxidation sites excluding steroid dienone is 3. The fourth-order valence-electron chi connectivity index (χ4n) is 8.83. The molecule has 0 aromatic heterocycles. The van der Waals surface area contributed by atoms with Crippen molar-refractivity contribution in [2.45, 2.75) is 105 Å². The van der Waals surface area contributed by atoms with Crippen LogP contribution < -0.4 is 0 Å². The molecular weight excluding hydrogens is 364 g/mol. The van der Waals surface area contributed by atoms with Crippen LogP contribution in [0.2, 0.25) is 0 Å². The van der Waals surface area contributed by atoms with Crippen molar-refractivity contribution < 1.29 is 5.11 Å². The predicted molar refractivity (Wildman–Crippen MR) is 128 cm³/mol. The van der Waals surface area contributed by atoms with Crippen LogP contribution in [-0.2, 0) is 0 Å². The third kappa shape index (κ3) is 3.66. The van der Waals surface area contributed by atoms with Crippen LogP contribution >= 0.6 is 0 Å². The van der Waals surface area contributed by atoms with Crippen LogP contribution in [0.5, 0.6) is 0 Å². The molecule has 0 aromatic rings. The molecule has 0 aliphatic heterocycles. The summed E-state index contributed by atoms with van der Waals surface area (Å²) in [5, 5.41) is 10.2. The van der Waals surface area contributed by atoms with Crippen LogP contribution in [0, 0.1) is 52.3 Å². The van der Waals surface area contributed by atoms with Crippen molar-refractivity contribution in [2.75, 3.05) is 0 Å². The van der Waals surface area contributed by atoms with Gasteiger partial charge in [-0.05, 0) is 110 Å². The first-order chi connectivity index (χ1) is 14.2. The minimum atomic E-state index is -0.0870. The molecule has 0 bridgehead atoms. The van der Waals surface area contributed by atoms with Gasteiger partial charge in [-0.15, -0.1) is 0 Å². The highest BCUT2D eigenvalue weighted by Gasteiger charge is 2.58. The fraction of sp³-hybridized carbons (Fsp3) is 0.862. The lowest BCUT2D eigenvalue weighted by molar-refractivity contribution is -0.0540. The highest BCUT2D eigenvalue weighted by atomic mass is 16.3. The van der Waals surface area contributed by atoms with Gasteiger partial charge in [0.05, 0.1) is 6.10 Å². The summed E-state index contributed by atoms with van der Waals surface area (Å²) in [4.78, 5) is 0. The number of fused-ring (bicyclic) bond motifs is 5. The van der Waals surface area contributed by atoms with Gasteiger partial charge < -0.3 is 5.11 Å². The maximum Gasteiger partial charge on any atom is 0.0577 e. The van der Waals surface area contributed by atoms with Crippen molar-refractivity contribution in [3.63, 3.8) is 0 Å². The van der Waals surface area contributed by atoms with Crippen LogP contribution in [0.3, 0.4) is 0 Å². The third-order valence-electron chi connectivity index (χ3n) is 10.8. The van der Waals surface area contributed by atoms with Crippen LogP contribution in [0.1, 0.15) is 99.3 Å². The molecule has 1 heteroatoms. The number of aliphatic hydroxyl groups is 1. The zero-order valence-corrected chi connectivity index (χ0v) is 20.7. The summed E-state index contributed by atoms with van der Waals surface area (Å²) in [6, 6.07) is 0. The van der Waals surface area contributed by atoms with E-state index in [1.807, 2.05) is 0 Å². The lowest BCUT2D eigenvalue weighted by Gasteiger charge is -2.58. The minimum absolute atomic E-state index is 0.0870. The average molecular weight is 413 g/mol. The summed E-state index contributed by atoms with van der Waals surface area (Å²) >= 11 is 0. The lowest BCUT2D eigenvalue weighted by Crippen LogP contribution is -2.50. The zero-order chi connectivity index (χ0) is 21.7. The monoisotopic (exact) mass is 412 g/mol. The highest BCUT2D eigenvalue weighted by molar-refractivity contribution is 5.25. The van der Waals surface area contributed by atoms with Gasteiger partial charge in [0.1, 0.15) is 0 Å². The van der Waals surface area contributed by atoms with Crippen LogP contribution in [0.25, 0.3) is 0 Å². The van der Waals surface area contributed by atoms with Gasteiger partial charge in [-0.25, -0.2) is 0 Å². The van der Waals surface area contributed by atoms with Crippen molar-refractivity contribution in [3.8, 4) is 0 Å². The summed E-state index contributed by atoms with van der Waals surface area (Å²) < 4.78 is 0. The minimum Gasteiger partial charge on any atom is -0.393 e. The maximum absolute atomic E-state index is 10.2. The molecule has 0 heterocycles. The van der Waals surface area contributed by atoms with E-state index in [4.69, 9.17) is 0 Å². The molecule has 4 aliphatic carbocycles. The normalized spacial score (nSPS) is 45.6. The van der Waals surface area contributed by atoms with Gasteiger partial charge in [-0.3, -0.25) is 0 Å². The Morgan fingerprint density at radius 2 is 1.80 bits per heavy atom. The molecule has 1 nitrogen and oxygen atoms in total. The number of aliphatic hydroxyl groups excluding tert-OH is 1. The van der Waals surface area contributed by atoms with Crippen molar-refractivity contribution in [2.24, 2.45) is 52.3 Å². The average Bonchev–Trinajstić information content (AvgIpc) is 3.06. The van der Waals surface area contributed by atoms with E-state index in [-0.39, 0.29) is 6.10 Å². The highest BCUT2D eigenvalue weighted by Crippen LogP contribution is 2.67. The topological polar surface area (TPSA) is 20.2 Å². The molecule has 4 rings (SSSR count). The van der Waals surface area contributed by atoms with E-state index >= 15 is 0 Å². The molecule has 1 N–H and O–H groups in total. The van der Waals surface area contributed by atoms with Crippen molar-refractivity contribution in [3.05, 3.63) is 23.8 Å². The molecule has 0 aromatic carbocycles. The van der Waals surface area contributed by atoms with E-state index in [0.29, 0.717) is 16.7 Å². The van der Waals surface area contributed by atoms with Crippen LogP contribution in [-0.4, -0.2) is 11.2 Å². The molecule has 170 valence electrons. The molecule has 4 aliphatic rings. The van der Waals surface area contributed by atoms with Gasteiger partial charge in [0.25, 0.3) is 0 Å². The Morgan fingerprint density at radius 1 is 1.03 bits per heavy atom. The Kier molecular flexibility index (Phi) is 6.35. The Labute approximate surface area is 186 Å². The van der Waals surface area contributed by atoms with E-state index in [0.717, 1.165) is 48.3 Å². The number of hydrogen-bond donors (Lipinski definition) is 1. The molecule has 0 amide bonds. The molecule has 0 saturated heterocycles. The number of hydrogen-bond acceptors (Lipinski definition) is 1. The Hall–Kier alpha value is -0.560. The van der Waals surface area contributed by atoms with E-state index in [1.165, 1.54) is 44.9 Å². The number of rotatable bonds is 5. The first-order valence-electron chi connectivity index (χ1n) is 13.3. The standard InChI is InChI=1S/C29H48O/c1-7-21(19(2)3)9-8-20(4)25-12-13-26-24-11-10-22-18-23(30)14-16-28(22,5)27(24)15-17-29(25,26)6/h8-10,19-21,23-27,30H,7,11-18H2,1-6H3/b9-8-/t20-,21-,23+,24+,25-,26+,27+,28+,29-/m1/s1. The van der Waals surface area contributed by atoms with Gasteiger partial charge in [0.2, 0.25) is 0 Å². The van der Waals surface area contributed by atoms with E-state index in [9.17, 15) is 5.11 Å². The predicted octanol–water partition coefficient (Wildman–Crippen LogP) is 7.80. The molecule has 30 heavy (non-hydrogen) atoms. The van der Waals surface area contributed by atoms with Gasteiger partial charge >= 0.3 is 0 Å². The smallest absolute Gasteiger partial charge is 0.0577 e. The second-order valence-corrected chi connectivity index (χ2v) is 12.4. The zero-order valence-electron chi connectivity index (χ0n) is 20.7. The molecule has 9 atom stereocenters. The van der Waals surface area contributed by atoms with E-state index in [2.05, 4.69) is 59.8 Å². The van der Waals surface area contributed by atoms with E-state index < -0.39 is 0 Å². The second kappa shape index (κ2) is 8.42. The molecule has 0 spiro atoms. The summed E-state index contributed by atoms with van der Waals surface area (Å²) in [5.74, 6) is 5.70. The van der Waals surface area contributed by atoms with Gasteiger partial charge in [-0.1, -0.05) is 65.3 Å². The molecule has 3 saturated carbocycles. The third-order valence-corrected chi connectivity index (χ3v) is 10.8. The quantitative estimate of drug-likeness (QED) is 0.457. The van der Waals surface area contributed by atoms with Crippen LogP contribution in [0.15, 0.2) is 23.8 Å². The van der Waals surface area contributed by atoms with Gasteiger partial charge in [-0.2, -0.15) is 0 Å². The summed E-state index contributed by atoms with van der Waals surface area (Å²) in [7, 11) is 0. The first kappa shape index (κ1) is 22.6. The fourth-order valence-corrected chi connectivity index (χ4v) is 8.83. The molecular formula is C29H48O. The molecule has 0 unspecified atom stereocenters. The van der Waals surface area contributed by atoms with Gasteiger partial charge in [0.15, 0.2) is 0 Å². The van der Waals surface area contributed by atoms with Crippen molar-refractivity contribution in [1.29, 1.82) is 0 Å². The summed E-state index contributed by atoms with van der Waals surface area (Å²) in [6.45, 7) is 14.8. The SMILES string of the molecule is CC[C@H](/C=C\[C@@H](C)[C@H]1CC[C@H]2[C@@H]3CC=C4C[C@@H](O)CC[C@]4(C)[C@H]3CC[C@]12C)C(C)C. The van der Waals surface area contributed by atoms with Crippen molar-refractivity contribution >= 4 is 0 Å². The van der Waals surface area contributed by atoms with Crippen molar-refractivity contribution in [1.82, 2.24) is 0 Å².